The first-order valence-corrected chi connectivity index (χ1v) is 9.78. The first kappa shape index (κ1) is 18.9. The average molecular weight is 389 g/mol. The Balaban J connectivity index is 1.58. The van der Waals surface area contributed by atoms with E-state index in [0.29, 0.717) is 12.2 Å². The van der Waals surface area contributed by atoms with Crippen molar-refractivity contribution in [1.29, 1.82) is 0 Å². The number of H-pyrrole nitrogens is 2. The molecule has 8 nitrogen and oxygen atoms in total. The highest BCUT2D eigenvalue weighted by Gasteiger charge is 2.30. The molecule has 4 aromatic rings. The Hall–Kier alpha value is -3.42. The van der Waals surface area contributed by atoms with Gasteiger partial charge in [-0.05, 0) is 37.1 Å². The summed E-state index contributed by atoms with van der Waals surface area (Å²) in [5.74, 6) is 0.413. The Morgan fingerprint density at radius 1 is 1.14 bits per heavy atom. The minimum atomic E-state index is -0.150. The summed E-state index contributed by atoms with van der Waals surface area (Å²) >= 11 is 0. The van der Waals surface area contributed by atoms with Crippen LogP contribution in [0.4, 0.5) is 0 Å². The summed E-state index contributed by atoms with van der Waals surface area (Å²) in [4.78, 5) is 16.9. The monoisotopic (exact) mass is 389 g/mol. The molecule has 1 aromatic carbocycles. The number of nitrogens with zero attached hydrogens (tertiary/aromatic N) is 5. The van der Waals surface area contributed by atoms with Gasteiger partial charge < -0.3 is 0 Å². The van der Waals surface area contributed by atoms with E-state index in [-0.39, 0.29) is 17.6 Å². The lowest BCUT2D eigenvalue weighted by atomic mass is 9.82. The number of rotatable bonds is 8. The van der Waals surface area contributed by atoms with Crippen LogP contribution in [0.1, 0.15) is 44.1 Å². The fraction of sp³-hybridized carbons (Fsp3) is 0.333. The zero-order valence-electron chi connectivity index (χ0n) is 16.5. The van der Waals surface area contributed by atoms with Gasteiger partial charge in [0.25, 0.3) is 0 Å². The molecule has 2 atom stereocenters. The summed E-state index contributed by atoms with van der Waals surface area (Å²) in [5.41, 5.74) is 4.02. The number of carbonyl (C=O) groups excluding carboxylic acids is 1. The van der Waals surface area contributed by atoms with E-state index in [1.54, 1.807) is 6.92 Å². The molecule has 2 N–H and O–H groups in total. The van der Waals surface area contributed by atoms with E-state index >= 15 is 0 Å². The Kier molecular flexibility index (Phi) is 5.41. The third kappa shape index (κ3) is 4.06. The zero-order valence-corrected chi connectivity index (χ0v) is 16.5. The van der Waals surface area contributed by atoms with Gasteiger partial charge >= 0.3 is 0 Å². The molecule has 3 aromatic heterocycles. The van der Waals surface area contributed by atoms with Crippen LogP contribution in [0.2, 0.25) is 0 Å². The topological polar surface area (TPSA) is 113 Å². The van der Waals surface area contributed by atoms with E-state index < -0.39 is 0 Å². The number of Topliss-reactive ketones (excluding diaryl/α,β-unsaturated/α-hetero) is 1. The van der Waals surface area contributed by atoms with Crippen molar-refractivity contribution >= 4 is 16.7 Å². The molecular formula is C21H23N7O. The van der Waals surface area contributed by atoms with Crippen LogP contribution >= 0.6 is 0 Å². The number of tetrazole rings is 1. The molecule has 148 valence electrons. The Morgan fingerprint density at radius 2 is 2.00 bits per heavy atom. The predicted octanol–water partition coefficient (Wildman–Crippen LogP) is 3.47. The molecule has 0 aliphatic heterocycles. The van der Waals surface area contributed by atoms with Gasteiger partial charge in [0.05, 0.1) is 11.7 Å². The Labute approximate surface area is 168 Å². The maximum atomic E-state index is 12.3. The minimum absolute atomic E-state index is 0.145. The number of hydrogen-bond donors (Lipinski definition) is 2. The van der Waals surface area contributed by atoms with Crippen molar-refractivity contribution in [2.75, 3.05) is 0 Å². The van der Waals surface area contributed by atoms with E-state index in [1.807, 2.05) is 30.6 Å². The van der Waals surface area contributed by atoms with Gasteiger partial charge in [0.2, 0.25) is 0 Å². The van der Waals surface area contributed by atoms with Gasteiger partial charge in [-0.15, -0.1) is 10.2 Å². The molecule has 0 bridgehead atoms. The molecule has 29 heavy (non-hydrogen) atoms. The summed E-state index contributed by atoms with van der Waals surface area (Å²) in [6, 6.07) is 10.2. The second-order valence-corrected chi connectivity index (χ2v) is 7.30. The number of aromatic nitrogens is 7. The highest BCUT2D eigenvalue weighted by molar-refractivity contribution is 5.83. The van der Waals surface area contributed by atoms with Gasteiger partial charge in [-0.25, -0.2) is 0 Å². The molecular weight excluding hydrogens is 366 g/mol. The molecule has 0 fully saturated rings. The second-order valence-electron chi connectivity index (χ2n) is 7.30. The van der Waals surface area contributed by atoms with Gasteiger partial charge in [-0.1, -0.05) is 30.7 Å². The fourth-order valence-electron chi connectivity index (χ4n) is 3.80. The number of aromatic amines is 2. The van der Waals surface area contributed by atoms with E-state index in [9.17, 15) is 4.79 Å². The number of hydrogen-bond acceptors (Lipinski definition) is 6. The van der Waals surface area contributed by atoms with Gasteiger partial charge in [0.15, 0.2) is 5.82 Å². The lowest BCUT2D eigenvalue weighted by molar-refractivity contribution is -0.121. The maximum absolute atomic E-state index is 12.3. The first-order valence-electron chi connectivity index (χ1n) is 9.78. The molecule has 8 heteroatoms. The lowest BCUT2D eigenvalue weighted by Crippen LogP contribution is -2.23. The third-order valence-corrected chi connectivity index (χ3v) is 5.33. The van der Waals surface area contributed by atoms with E-state index in [1.165, 1.54) is 0 Å². The van der Waals surface area contributed by atoms with Crippen molar-refractivity contribution in [3.05, 3.63) is 54.2 Å². The standard InChI is InChI=1S/C21H23N7O/c1-3-4-18(13(2)29)19(21-25-27-28-26-21)10-17-7-5-15(11-22-17)14-6-8-20-16(9-14)12-23-24-20/h5-9,11-12,18-19H,3-4,10H2,1-2H3,(H,23,24)(H,25,26,27,28)/t18-,19+/m1/s1. The van der Waals surface area contributed by atoms with Gasteiger partial charge in [-0.2, -0.15) is 10.3 Å². The molecule has 0 spiro atoms. The zero-order chi connectivity index (χ0) is 20.2. The molecule has 0 saturated heterocycles. The maximum Gasteiger partial charge on any atom is 0.178 e. The van der Waals surface area contributed by atoms with Crippen LogP contribution in [-0.2, 0) is 11.2 Å². The SMILES string of the molecule is CCC[C@H](C(C)=O)[C@H](Cc1ccc(-c2ccc3[nH]ncc3c2)cn1)c1nn[nH]n1. The number of fused-ring (bicyclic) bond motifs is 1. The smallest absolute Gasteiger partial charge is 0.178 e. The molecule has 3 heterocycles. The van der Waals surface area contributed by atoms with Crippen LogP contribution in [0, 0.1) is 5.92 Å². The average Bonchev–Trinajstić information content (AvgIpc) is 3.42. The summed E-state index contributed by atoms with van der Waals surface area (Å²) in [7, 11) is 0. The predicted molar refractivity (Wildman–Crippen MR) is 109 cm³/mol. The van der Waals surface area contributed by atoms with E-state index in [0.717, 1.165) is 40.6 Å². The van der Waals surface area contributed by atoms with Crippen LogP contribution in [0.5, 0.6) is 0 Å². The summed E-state index contributed by atoms with van der Waals surface area (Å²) in [5, 5.41) is 22.6. The molecule has 0 radical (unpaired) electrons. The van der Waals surface area contributed by atoms with Crippen LogP contribution < -0.4 is 0 Å². The van der Waals surface area contributed by atoms with Crippen molar-refractivity contribution in [2.45, 2.75) is 39.0 Å². The van der Waals surface area contributed by atoms with E-state index in [2.05, 4.69) is 54.9 Å². The number of pyridine rings is 1. The van der Waals surface area contributed by atoms with E-state index in [4.69, 9.17) is 0 Å². The normalized spacial score (nSPS) is 13.4. The van der Waals surface area contributed by atoms with Crippen LogP contribution in [0.3, 0.4) is 0 Å². The first-order chi connectivity index (χ1) is 14.2. The molecule has 0 unspecified atom stereocenters. The van der Waals surface area contributed by atoms with Crippen LogP contribution in [0.15, 0.2) is 42.7 Å². The van der Waals surface area contributed by atoms with Crippen molar-refractivity contribution in [3.63, 3.8) is 0 Å². The summed E-state index contributed by atoms with van der Waals surface area (Å²) < 4.78 is 0. The molecule has 0 aliphatic carbocycles. The number of benzene rings is 1. The highest BCUT2D eigenvalue weighted by atomic mass is 16.1. The van der Waals surface area contributed by atoms with Crippen molar-refractivity contribution in [3.8, 4) is 11.1 Å². The molecule has 0 saturated carbocycles. The van der Waals surface area contributed by atoms with Crippen LogP contribution in [-0.4, -0.2) is 41.6 Å². The highest BCUT2D eigenvalue weighted by Crippen LogP contribution is 2.30. The Bertz CT molecular complexity index is 1090. The third-order valence-electron chi connectivity index (χ3n) is 5.33. The number of nitrogens with one attached hydrogen (secondary N) is 2. The van der Waals surface area contributed by atoms with Crippen molar-refractivity contribution in [1.82, 2.24) is 35.8 Å². The van der Waals surface area contributed by atoms with Gasteiger partial charge in [0, 0.05) is 41.1 Å². The quantitative estimate of drug-likeness (QED) is 0.477. The lowest BCUT2D eigenvalue weighted by Gasteiger charge is -2.22. The molecule has 0 aliphatic rings. The molecule has 0 amide bonds. The van der Waals surface area contributed by atoms with Gasteiger partial charge in [0.1, 0.15) is 5.78 Å². The summed E-state index contributed by atoms with van der Waals surface area (Å²) in [6.07, 6.45) is 5.97. The molecule has 4 rings (SSSR count). The Morgan fingerprint density at radius 3 is 2.69 bits per heavy atom. The minimum Gasteiger partial charge on any atom is -0.300 e. The number of ketones is 1. The number of carbonyl (C=O) groups is 1. The van der Waals surface area contributed by atoms with Crippen molar-refractivity contribution in [2.24, 2.45) is 5.92 Å². The fourth-order valence-corrected chi connectivity index (χ4v) is 3.80. The van der Waals surface area contributed by atoms with Crippen LogP contribution in [0.25, 0.3) is 22.0 Å². The van der Waals surface area contributed by atoms with Crippen molar-refractivity contribution < 1.29 is 4.79 Å². The largest absolute Gasteiger partial charge is 0.300 e. The second kappa shape index (κ2) is 8.30. The summed E-state index contributed by atoms with van der Waals surface area (Å²) in [6.45, 7) is 3.71. The van der Waals surface area contributed by atoms with Gasteiger partial charge in [-0.3, -0.25) is 14.9 Å².